The number of carbonyl (C=O) groups excluding carboxylic acids is 1. The molecular weight excluding hydrogens is 266 g/mol. The van der Waals surface area contributed by atoms with E-state index >= 15 is 0 Å². The number of nitrogens with zero attached hydrogens (tertiary/aromatic N) is 3. The van der Waals surface area contributed by atoms with E-state index in [1.54, 1.807) is 15.8 Å². The van der Waals surface area contributed by atoms with Gasteiger partial charge >= 0.3 is 6.09 Å². The van der Waals surface area contributed by atoms with Crippen LogP contribution in [0.4, 0.5) is 16.3 Å². The third-order valence-corrected chi connectivity index (χ3v) is 4.54. The summed E-state index contributed by atoms with van der Waals surface area (Å²) < 4.78 is 7.58. The molecule has 108 valence electrons. The van der Waals surface area contributed by atoms with Crippen molar-refractivity contribution in [3.8, 4) is 0 Å². The molecule has 2 heterocycles. The van der Waals surface area contributed by atoms with E-state index in [-0.39, 0.29) is 6.09 Å². The number of amides is 1. The number of para-hydroxylation sites is 1. The monoisotopic (exact) mass is 283 g/mol. The first-order valence-electron chi connectivity index (χ1n) is 7.32. The molecule has 2 aliphatic rings. The molecule has 0 unspecified atom stereocenters. The van der Waals surface area contributed by atoms with Crippen LogP contribution in [0, 0.1) is 0 Å². The molecule has 21 heavy (non-hydrogen) atoms. The third-order valence-electron chi connectivity index (χ3n) is 4.54. The lowest BCUT2D eigenvalue weighted by Gasteiger charge is -2.40. The molecule has 4 rings (SSSR count). The molecule has 1 amide bonds. The predicted molar refractivity (Wildman–Crippen MR) is 78.4 cm³/mol. The molecule has 1 aromatic carbocycles. The summed E-state index contributed by atoms with van der Waals surface area (Å²) in [5, 5.41) is 4.16. The topological polar surface area (TPSA) is 47.4 Å². The highest BCUT2D eigenvalue weighted by Gasteiger charge is 2.47. The molecule has 1 aromatic heterocycles. The van der Waals surface area contributed by atoms with Gasteiger partial charge in [0.25, 0.3) is 0 Å². The van der Waals surface area contributed by atoms with Crippen LogP contribution in [-0.4, -0.2) is 15.9 Å². The summed E-state index contributed by atoms with van der Waals surface area (Å²) in [4.78, 5) is 14.2. The molecule has 5 heteroatoms. The maximum Gasteiger partial charge on any atom is 0.421 e. The summed E-state index contributed by atoms with van der Waals surface area (Å²) in [6, 6.07) is 9.87. The molecular formula is C16H17N3O2. The van der Waals surface area contributed by atoms with Crippen LogP contribution >= 0.6 is 0 Å². The minimum Gasteiger partial charge on any atom is -0.437 e. The highest BCUT2D eigenvalue weighted by molar-refractivity contribution is 5.98. The van der Waals surface area contributed by atoms with Gasteiger partial charge in [0.2, 0.25) is 0 Å². The van der Waals surface area contributed by atoms with E-state index in [4.69, 9.17) is 4.74 Å². The fourth-order valence-corrected chi connectivity index (χ4v) is 3.54. The molecule has 2 aromatic rings. The zero-order valence-electron chi connectivity index (χ0n) is 12.0. The van der Waals surface area contributed by atoms with E-state index in [1.165, 1.54) is 0 Å². The van der Waals surface area contributed by atoms with Crippen molar-refractivity contribution < 1.29 is 9.53 Å². The number of hydrogen-bond acceptors (Lipinski definition) is 3. The average Bonchev–Trinajstić information content (AvgIpc) is 3.10. The molecule has 5 nitrogen and oxygen atoms in total. The number of aryl methyl sites for hydroxylation is 1. The van der Waals surface area contributed by atoms with Crippen molar-refractivity contribution in [1.29, 1.82) is 0 Å². The van der Waals surface area contributed by atoms with Gasteiger partial charge in [0, 0.05) is 18.7 Å². The lowest BCUT2D eigenvalue weighted by Crippen LogP contribution is -2.43. The van der Waals surface area contributed by atoms with Gasteiger partial charge in [-0.2, -0.15) is 5.10 Å². The van der Waals surface area contributed by atoms with Crippen molar-refractivity contribution in [2.75, 3.05) is 4.90 Å². The van der Waals surface area contributed by atoms with Gasteiger partial charge in [-0.05, 0) is 31.7 Å². The number of ether oxygens (including phenoxy) is 1. The number of rotatable bonds is 1. The van der Waals surface area contributed by atoms with Gasteiger partial charge in [0.1, 0.15) is 11.4 Å². The van der Waals surface area contributed by atoms with Crippen LogP contribution in [0.15, 0.2) is 36.5 Å². The van der Waals surface area contributed by atoms with Crippen LogP contribution in [0.1, 0.15) is 31.2 Å². The second kappa shape index (κ2) is 4.35. The Morgan fingerprint density at radius 1 is 1.19 bits per heavy atom. The van der Waals surface area contributed by atoms with E-state index in [2.05, 4.69) is 11.2 Å². The summed E-state index contributed by atoms with van der Waals surface area (Å²) in [6.07, 6.45) is 5.41. The van der Waals surface area contributed by atoms with Crippen molar-refractivity contribution in [3.63, 3.8) is 0 Å². The highest BCUT2D eigenvalue weighted by atomic mass is 16.6. The Hall–Kier alpha value is -2.30. The van der Waals surface area contributed by atoms with E-state index < -0.39 is 5.60 Å². The number of aromatic nitrogens is 2. The average molecular weight is 283 g/mol. The smallest absolute Gasteiger partial charge is 0.421 e. The van der Waals surface area contributed by atoms with Gasteiger partial charge in [-0.1, -0.05) is 18.2 Å². The first-order valence-corrected chi connectivity index (χ1v) is 7.32. The fraction of sp³-hybridized carbons (Fsp3) is 0.375. The summed E-state index contributed by atoms with van der Waals surface area (Å²) in [5.74, 6) is 0.722. The zero-order chi connectivity index (χ0) is 14.4. The first-order chi connectivity index (χ1) is 10.2. The maximum atomic E-state index is 12.6. The summed E-state index contributed by atoms with van der Waals surface area (Å²) >= 11 is 0. The van der Waals surface area contributed by atoms with Crippen molar-refractivity contribution in [3.05, 3.63) is 42.1 Å². The largest absolute Gasteiger partial charge is 0.437 e. The van der Waals surface area contributed by atoms with Gasteiger partial charge in [0.15, 0.2) is 0 Å². The van der Waals surface area contributed by atoms with Gasteiger partial charge in [-0.15, -0.1) is 0 Å². The van der Waals surface area contributed by atoms with Crippen LogP contribution in [0.5, 0.6) is 0 Å². The molecule has 0 atom stereocenters. The Balaban J connectivity index is 1.91. The number of carbonyl (C=O) groups is 1. The van der Waals surface area contributed by atoms with E-state index in [0.717, 1.165) is 42.8 Å². The van der Waals surface area contributed by atoms with Crippen LogP contribution < -0.4 is 4.90 Å². The van der Waals surface area contributed by atoms with Crippen molar-refractivity contribution in [2.45, 2.75) is 31.3 Å². The van der Waals surface area contributed by atoms with Gasteiger partial charge in [-0.3, -0.25) is 4.68 Å². The Morgan fingerprint density at radius 3 is 2.67 bits per heavy atom. The maximum absolute atomic E-state index is 12.6. The SMILES string of the molecule is Cn1nccc1N1C(=O)OC2(CCCC2)c2ccccc21. The summed E-state index contributed by atoms with van der Waals surface area (Å²) in [5.41, 5.74) is 1.60. The summed E-state index contributed by atoms with van der Waals surface area (Å²) in [6.45, 7) is 0. The van der Waals surface area contributed by atoms with Crippen LogP contribution in [0.2, 0.25) is 0 Å². The van der Waals surface area contributed by atoms with Crippen LogP contribution in [0.25, 0.3) is 0 Å². The van der Waals surface area contributed by atoms with Crippen molar-refractivity contribution >= 4 is 17.6 Å². The number of benzene rings is 1. The Bertz CT molecular complexity index is 701. The fourth-order valence-electron chi connectivity index (χ4n) is 3.54. The van der Waals surface area contributed by atoms with E-state index in [9.17, 15) is 4.79 Å². The minimum atomic E-state index is -0.428. The molecule has 1 spiro atoms. The van der Waals surface area contributed by atoms with Gasteiger partial charge in [0.05, 0.1) is 11.9 Å². The molecule has 0 bridgehead atoms. The third kappa shape index (κ3) is 1.70. The zero-order valence-corrected chi connectivity index (χ0v) is 12.0. The van der Waals surface area contributed by atoms with Gasteiger partial charge in [-0.25, -0.2) is 9.69 Å². The van der Waals surface area contributed by atoms with Gasteiger partial charge < -0.3 is 4.74 Å². The highest BCUT2D eigenvalue weighted by Crippen LogP contribution is 2.50. The minimum absolute atomic E-state index is 0.306. The Kier molecular flexibility index (Phi) is 2.58. The molecule has 0 N–H and O–H groups in total. The number of anilines is 2. The first kappa shape index (κ1) is 12.4. The van der Waals surface area contributed by atoms with Crippen LogP contribution in [0.3, 0.4) is 0 Å². The standard InChI is InChI=1S/C16H17N3O2/c1-18-14(8-11-17-18)19-13-7-3-2-6-12(13)16(21-15(19)20)9-4-5-10-16/h2-3,6-8,11H,4-5,9-10H2,1H3. The second-order valence-electron chi connectivity index (χ2n) is 5.73. The van der Waals surface area contributed by atoms with E-state index in [0.29, 0.717) is 0 Å². The molecule has 1 aliphatic heterocycles. The van der Waals surface area contributed by atoms with E-state index in [1.807, 2.05) is 31.3 Å². The normalized spacial score (nSPS) is 19.7. The molecule has 0 radical (unpaired) electrons. The van der Waals surface area contributed by atoms with Crippen molar-refractivity contribution in [1.82, 2.24) is 9.78 Å². The predicted octanol–water partition coefficient (Wildman–Crippen LogP) is 3.48. The van der Waals surface area contributed by atoms with Crippen molar-refractivity contribution in [2.24, 2.45) is 7.05 Å². The number of hydrogen-bond donors (Lipinski definition) is 0. The quantitative estimate of drug-likeness (QED) is 0.805. The lowest BCUT2D eigenvalue weighted by atomic mass is 9.89. The number of fused-ring (bicyclic) bond motifs is 2. The second-order valence-corrected chi connectivity index (χ2v) is 5.73. The Labute approximate surface area is 123 Å². The Morgan fingerprint density at radius 2 is 1.95 bits per heavy atom. The van der Waals surface area contributed by atoms with Crippen LogP contribution in [-0.2, 0) is 17.4 Å². The summed E-state index contributed by atoms with van der Waals surface area (Å²) in [7, 11) is 1.82. The molecule has 1 fully saturated rings. The molecule has 0 saturated heterocycles. The molecule has 1 aliphatic carbocycles. The lowest BCUT2D eigenvalue weighted by molar-refractivity contribution is 0.0126. The molecule has 1 saturated carbocycles.